The Balaban J connectivity index is 2.24. The van der Waals surface area contributed by atoms with E-state index in [0.29, 0.717) is 12.2 Å². The molecule has 2 aromatic rings. The van der Waals surface area contributed by atoms with Crippen LogP contribution in [-0.4, -0.2) is 28.2 Å². The smallest absolute Gasteiger partial charge is 0.354 e. The molecule has 0 spiro atoms. The number of carboxylic acid groups (broad SMARTS) is 1. The molecule has 0 bridgehead atoms. The Hall–Kier alpha value is -2.14. The lowest BCUT2D eigenvalue weighted by Crippen LogP contribution is -2.06. The molecule has 19 heavy (non-hydrogen) atoms. The van der Waals surface area contributed by atoms with Crippen molar-refractivity contribution in [2.24, 2.45) is 0 Å². The van der Waals surface area contributed by atoms with Gasteiger partial charge in [0.25, 0.3) is 0 Å². The normalized spacial score (nSPS) is 10.2. The molecule has 0 unspecified atom stereocenters. The number of hydrogen-bond donors (Lipinski definition) is 1. The molecule has 1 heterocycles. The highest BCUT2D eigenvalue weighted by Gasteiger charge is 2.10. The SMILES string of the molecule is COc1ccc(Cc2nc(Cl)cc(C(=O)O)n2)cc1. The van der Waals surface area contributed by atoms with Crippen molar-refractivity contribution in [2.45, 2.75) is 6.42 Å². The summed E-state index contributed by atoms with van der Waals surface area (Å²) in [5, 5.41) is 9.02. The second-order valence-corrected chi connectivity index (χ2v) is 4.21. The zero-order valence-electron chi connectivity index (χ0n) is 10.1. The van der Waals surface area contributed by atoms with Gasteiger partial charge in [-0.3, -0.25) is 0 Å². The first kappa shape index (κ1) is 13.3. The monoisotopic (exact) mass is 278 g/mol. The van der Waals surface area contributed by atoms with E-state index in [1.807, 2.05) is 24.3 Å². The quantitative estimate of drug-likeness (QED) is 0.870. The highest BCUT2D eigenvalue weighted by atomic mass is 35.5. The molecule has 98 valence electrons. The van der Waals surface area contributed by atoms with Gasteiger partial charge in [0.1, 0.15) is 16.7 Å². The number of halogens is 1. The number of carboxylic acids is 1. The lowest BCUT2D eigenvalue weighted by atomic mass is 10.1. The number of benzene rings is 1. The van der Waals surface area contributed by atoms with E-state index in [2.05, 4.69) is 9.97 Å². The summed E-state index contributed by atoms with van der Waals surface area (Å²) < 4.78 is 5.06. The Kier molecular flexibility index (Phi) is 3.97. The minimum Gasteiger partial charge on any atom is -0.497 e. The Morgan fingerprint density at radius 2 is 2.00 bits per heavy atom. The zero-order chi connectivity index (χ0) is 13.8. The summed E-state index contributed by atoms with van der Waals surface area (Å²) in [4.78, 5) is 18.8. The Morgan fingerprint density at radius 1 is 1.32 bits per heavy atom. The van der Waals surface area contributed by atoms with E-state index in [1.165, 1.54) is 6.07 Å². The molecule has 5 nitrogen and oxygen atoms in total. The van der Waals surface area contributed by atoms with Gasteiger partial charge < -0.3 is 9.84 Å². The predicted octanol–water partition coefficient (Wildman–Crippen LogP) is 2.43. The van der Waals surface area contributed by atoms with Crippen molar-refractivity contribution in [1.29, 1.82) is 0 Å². The molecule has 0 fully saturated rings. The molecule has 0 aliphatic rings. The largest absolute Gasteiger partial charge is 0.497 e. The minimum absolute atomic E-state index is 0.108. The van der Waals surface area contributed by atoms with Crippen LogP contribution in [0, 0.1) is 0 Å². The van der Waals surface area contributed by atoms with Crippen molar-refractivity contribution >= 4 is 17.6 Å². The van der Waals surface area contributed by atoms with Crippen LogP contribution < -0.4 is 4.74 Å². The maximum absolute atomic E-state index is 10.9. The molecule has 1 aromatic carbocycles. The van der Waals surface area contributed by atoms with Crippen LogP contribution in [0.15, 0.2) is 30.3 Å². The van der Waals surface area contributed by atoms with Gasteiger partial charge in [-0.2, -0.15) is 0 Å². The highest BCUT2D eigenvalue weighted by molar-refractivity contribution is 6.29. The van der Waals surface area contributed by atoms with E-state index in [9.17, 15) is 4.79 Å². The summed E-state index contributed by atoms with van der Waals surface area (Å²) in [7, 11) is 1.59. The first-order valence-corrected chi connectivity index (χ1v) is 5.86. The van der Waals surface area contributed by atoms with Crippen LogP contribution in [-0.2, 0) is 6.42 Å². The highest BCUT2D eigenvalue weighted by Crippen LogP contribution is 2.15. The van der Waals surface area contributed by atoms with Crippen LogP contribution in [0.2, 0.25) is 5.15 Å². The average molecular weight is 279 g/mol. The van der Waals surface area contributed by atoms with Crippen molar-refractivity contribution in [1.82, 2.24) is 9.97 Å². The van der Waals surface area contributed by atoms with Gasteiger partial charge in [0, 0.05) is 12.5 Å². The number of carbonyl (C=O) groups is 1. The molecule has 0 saturated heterocycles. The molecule has 0 saturated carbocycles. The molecule has 0 aliphatic heterocycles. The maximum Gasteiger partial charge on any atom is 0.354 e. The molecular weight excluding hydrogens is 268 g/mol. The van der Waals surface area contributed by atoms with Gasteiger partial charge in [-0.15, -0.1) is 0 Å². The fraction of sp³-hybridized carbons (Fsp3) is 0.154. The minimum atomic E-state index is -1.12. The third-order valence-corrected chi connectivity index (χ3v) is 2.68. The number of hydrogen-bond acceptors (Lipinski definition) is 4. The molecule has 0 amide bonds. The number of rotatable bonds is 4. The summed E-state index contributed by atoms with van der Waals surface area (Å²) in [5.41, 5.74) is 0.836. The van der Waals surface area contributed by atoms with Gasteiger partial charge in [-0.25, -0.2) is 14.8 Å². The summed E-state index contributed by atoms with van der Waals surface area (Å²) in [5.74, 6) is -0.00247. The van der Waals surface area contributed by atoms with E-state index in [-0.39, 0.29) is 10.8 Å². The molecule has 1 N–H and O–H groups in total. The average Bonchev–Trinajstić information content (AvgIpc) is 2.39. The third kappa shape index (κ3) is 3.42. The summed E-state index contributed by atoms with van der Waals surface area (Å²) in [6, 6.07) is 8.59. The molecule has 0 radical (unpaired) electrons. The number of ether oxygens (including phenoxy) is 1. The number of methoxy groups -OCH3 is 1. The molecule has 6 heteroatoms. The summed E-state index contributed by atoms with van der Waals surface area (Å²) >= 11 is 5.77. The van der Waals surface area contributed by atoms with Gasteiger partial charge in [-0.1, -0.05) is 23.7 Å². The van der Waals surface area contributed by atoms with Crippen molar-refractivity contribution < 1.29 is 14.6 Å². The topological polar surface area (TPSA) is 72.3 Å². The van der Waals surface area contributed by atoms with Crippen LogP contribution in [0.5, 0.6) is 5.75 Å². The van der Waals surface area contributed by atoms with Crippen molar-refractivity contribution in [3.63, 3.8) is 0 Å². The Bertz CT molecular complexity index is 599. The van der Waals surface area contributed by atoms with Crippen LogP contribution in [0.4, 0.5) is 0 Å². The number of aromatic nitrogens is 2. The van der Waals surface area contributed by atoms with Crippen LogP contribution in [0.25, 0.3) is 0 Å². The van der Waals surface area contributed by atoms with E-state index >= 15 is 0 Å². The lowest BCUT2D eigenvalue weighted by Gasteiger charge is -2.04. The summed E-state index contributed by atoms with van der Waals surface area (Å²) in [6.45, 7) is 0. The maximum atomic E-state index is 10.9. The third-order valence-electron chi connectivity index (χ3n) is 2.48. The van der Waals surface area contributed by atoms with Gasteiger partial charge in [0.15, 0.2) is 5.69 Å². The van der Waals surface area contributed by atoms with E-state index in [1.54, 1.807) is 7.11 Å². The first-order valence-electron chi connectivity index (χ1n) is 5.48. The lowest BCUT2D eigenvalue weighted by molar-refractivity contribution is 0.0690. The van der Waals surface area contributed by atoms with Crippen LogP contribution >= 0.6 is 11.6 Å². The van der Waals surface area contributed by atoms with Crippen LogP contribution in [0.1, 0.15) is 21.9 Å². The van der Waals surface area contributed by atoms with Crippen molar-refractivity contribution in [2.75, 3.05) is 7.11 Å². The van der Waals surface area contributed by atoms with Crippen LogP contribution in [0.3, 0.4) is 0 Å². The molecule has 1 aromatic heterocycles. The van der Waals surface area contributed by atoms with Gasteiger partial charge in [-0.05, 0) is 17.7 Å². The molecular formula is C13H11ClN2O3. The summed E-state index contributed by atoms with van der Waals surface area (Å²) in [6.07, 6.45) is 0.408. The molecule has 0 aliphatic carbocycles. The van der Waals surface area contributed by atoms with Crippen molar-refractivity contribution in [3.8, 4) is 5.75 Å². The number of aromatic carboxylic acids is 1. The second kappa shape index (κ2) is 5.67. The van der Waals surface area contributed by atoms with Gasteiger partial charge in [0.2, 0.25) is 0 Å². The van der Waals surface area contributed by atoms with E-state index < -0.39 is 5.97 Å². The van der Waals surface area contributed by atoms with Gasteiger partial charge >= 0.3 is 5.97 Å². The Morgan fingerprint density at radius 3 is 2.58 bits per heavy atom. The molecule has 2 rings (SSSR count). The van der Waals surface area contributed by atoms with Gasteiger partial charge in [0.05, 0.1) is 7.11 Å². The predicted molar refractivity (Wildman–Crippen MR) is 69.8 cm³/mol. The Labute approximate surface area is 114 Å². The van der Waals surface area contributed by atoms with E-state index in [0.717, 1.165) is 11.3 Å². The van der Waals surface area contributed by atoms with Crippen molar-refractivity contribution in [3.05, 3.63) is 52.6 Å². The standard InChI is InChI=1S/C13H11ClN2O3/c1-19-9-4-2-8(3-5-9)6-12-15-10(13(17)18)7-11(14)16-12/h2-5,7H,6H2,1H3,(H,17,18). The second-order valence-electron chi connectivity index (χ2n) is 3.82. The zero-order valence-corrected chi connectivity index (χ0v) is 10.9. The fourth-order valence-corrected chi connectivity index (χ4v) is 1.78. The van der Waals surface area contributed by atoms with E-state index in [4.69, 9.17) is 21.4 Å². The number of nitrogens with zero attached hydrogens (tertiary/aromatic N) is 2. The fourth-order valence-electron chi connectivity index (χ4n) is 1.58. The molecule has 0 atom stereocenters. The first-order chi connectivity index (χ1) is 9.08.